The van der Waals surface area contributed by atoms with E-state index in [1.807, 2.05) is 37.4 Å². The molecule has 1 aromatic heterocycles. The number of aliphatic hydroxyl groups excluding tert-OH is 1. The van der Waals surface area contributed by atoms with Crippen LogP contribution in [0.2, 0.25) is 5.02 Å². The molecule has 0 bridgehead atoms. The minimum absolute atomic E-state index is 0.0345. The lowest BCUT2D eigenvalue weighted by molar-refractivity contribution is 0.282. The van der Waals surface area contributed by atoms with Crippen molar-refractivity contribution in [2.75, 3.05) is 11.9 Å². The van der Waals surface area contributed by atoms with Gasteiger partial charge in [0, 0.05) is 36.7 Å². The maximum atomic E-state index is 9.08. The average molecular weight is 263 g/mol. The Hall–Kier alpha value is -1.58. The molecule has 0 saturated heterocycles. The van der Waals surface area contributed by atoms with Crippen molar-refractivity contribution in [1.29, 1.82) is 0 Å². The Labute approximate surface area is 112 Å². The third-order valence-electron chi connectivity index (χ3n) is 2.82. The summed E-state index contributed by atoms with van der Waals surface area (Å²) in [6, 6.07) is 9.65. The Bertz CT molecular complexity index is 516. The summed E-state index contributed by atoms with van der Waals surface area (Å²) in [5.74, 6) is 0. The maximum Gasteiger partial charge on any atom is 0.0696 e. The molecular weight excluding hydrogens is 248 g/mol. The Balaban J connectivity index is 2.14. The number of aromatic nitrogens is 1. The molecule has 2 rings (SSSR count). The van der Waals surface area contributed by atoms with Crippen molar-refractivity contribution in [1.82, 2.24) is 4.98 Å². The number of benzene rings is 1. The Morgan fingerprint density at radius 1 is 1.22 bits per heavy atom. The number of rotatable bonds is 4. The summed E-state index contributed by atoms with van der Waals surface area (Å²) in [4.78, 5) is 6.09. The van der Waals surface area contributed by atoms with Crippen molar-refractivity contribution < 1.29 is 5.11 Å². The lowest BCUT2D eigenvalue weighted by Crippen LogP contribution is -2.16. The smallest absolute Gasteiger partial charge is 0.0696 e. The topological polar surface area (TPSA) is 36.4 Å². The van der Waals surface area contributed by atoms with Crippen LogP contribution in [-0.2, 0) is 13.2 Å². The predicted octanol–water partition coefficient (Wildman–Crippen LogP) is 2.86. The molecule has 0 spiro atoms. The Kier molecular flexibility index (Phi) is 4.18. The van der Waals surface area contributed by atoms with Crippen LogP contribution in [0.1, 0.15) is 11.1 Å². The fourth-order valence-corrected chi connectivity index (χ4v) is 1.99. The molecule has 0 saturated carbocycles. The van der Waals surface area contributed by atoms with Crippen molar-refractivity contribution in [3.05, 3.63) is 58.9 Å². The number of hydrogen-bond donors (Lipinski definition) is 1. The van der Waals surface area contributed by atoms with E-state index < -0.39 is 0 Å². The highest BCUT2D eigenvalue weighted by Crippen LogP contribution is 2.24. The highest BCUT2D eigenvalue weighted by Gasteiger charge is 2.05. The molecule has 2 aromatic rings. The predicted molar refractivity (Wildman–Crippen MR) is 73.7 cm³/mol. The molecule has 1 heterocycles. The molecule has 0 aliphatic heterocycles. The van der Waals surface area contributed by atoms with Gasteiger partial charge < -0.3 is 10.0 Å². The molecule has 0 fully saturated rings. The molecule has 1 N–H and O–H groups in total. The number of halogens is 1. The highest BCUT2D eigenvalue weighted by molar-refractivity contribution is 6.31. The minimum atomic E-state index is -0.0345. The summed E-state index contributed by atoms with van der Waals surface area (Å²) >= 11 is 6.08. The quantitative estimate of drug-likeness (QED) is 0.921. The summed E-state index contributed by atoms with van der Waals surface area (Å²) in [7, 11) is 2.00. The molecule has 4 heteroatoms. The Morgan fingerprint density at radius 3 is 2.56 bits per heavy atom. The molecule has 0 unspecified atom stereocenters. The van der Waals surface area contributed by atoms with E-state index in [1.165, 1.54) is 5.56 Å². The zero-order valence-corrected chi connectivity index (χ0v) is 10.9. The zero-order chi connectivity index (χ0) is 13.0. The van der Waals surface area contributed by atoms with Crippen molar-refractivity contribution in [3.63, 3.8) is 0 Å². The number of pyridine rings is 1. The lowest BCUT2D eigenvalue weighted by atomic mass is 10.2. The van der Waals surface area contributed by atoms with Crippen LogP contribution in [0.15, 0.2) is 42.7 Å². The van der Waals surface area contributed by atoms with Gasteiger partial charge in [0.2, 0.25) is 0 Å². The molecule has 1 aromatic carbocycles. The summed E-state index contributed by atoms with van der Waals surface area (Å²) < 4.78 is 0. The maximum absolute atomic E-state index is 9.08. The van der Waals surface area contributed by atoms with Gasteiger partial charge in [0.25, 0.3) is 0 Å². The normalized spacial score (nSPS) is 10.4. The monoisotopic (exact) mass is 262 g/mol. The van der Waals surface area contributed by atoms with Crippen molar-refractivity contribution >= 4 is 17.3 Å². The van der Waals surface area contributed by atoms with Gasteiger partial charge >= 0.3 is 0 Å². The van der Waals surface area contributed by atoms with E-state index >= 15 is 0 Å². The molecule has 0 radical (unpaired) electrons. The largest absolute Gasteiger partial charge is 0.392 e. The van der Waals surface area contributed by atoms with Crippen LogP contribution in [-0.4, -0.2) is 17.1 Å². The van der Waals surface area contributed by atoms with E-state index in [0.717, 1.165) is 17.8 Å². The second-order valence-corrected chi connectivity index (χ2v) is 4.55. The molecule has 94 valence electrons. The molecule has 0 aliphatic carbocycles. The molecule has 18 heavy (non-hydrogen) atoms. The lowest BCUT2D eigenvalue weighted by Gasteiger charge is -2.20. The summed E-state index contributed by atoms with van der Waals surface area (Å²) in [6.45, 7) is 0.754. The van der Waals surface area contributed by atoms with Gasteiger partial charge in [0.05, 0.1) is 6.61 Å². The van der Waals surface area contributed by atoms with Gasteiger partial charge in [-0.1, -0.05) is 17.7 Å². The first-order valence-electron chi connectivity index (χ1n) is 5.70. The number of anilines is 1. The van der Waals surface area contributed by atoms with Crippen LogP contribution < -0.4 is 4.90 Å². The van der Waals surface area contributed by atoms with Crippen LogP contribution in [0.5, 0.6) is 0 Å². The summed E-state index contributed by atoms with van der Waals surface area (Å²) in [5.41, 5.74) is 2.96. The van der Waals surface area contributed by atoms with E-state index in [0.29, 0.717) is 5.02 Å². The standard InChI is InChI=1S/C14H15ClN2O/c1-17(9-11-4-6-16-7-5-11)13-3-2-12(10-18)14(15)8-13/h2-8,18H,9-10H2,1H3. The van der Waals surface area contributed by atoms with E-state index in [9.17, 15) is 0 Å². The average Bonchev–Trinajstić information content (AvgIpc) is 2.39. The van der Waals surface area contributed by atoms with Crippen LogP contribution >= 0.6 is 11.6 Å². The minimum Gasteiger partial charge on any atom is -0.392 e. The van der Waals surface area contributed by atoms with E-state index in [4.69, 9.17) is 16.7 Å². The molecule has 3 nitrogen and oxygen atoms in total. The zero-order valence-electron chi connectivity index (χ0n) is 10.2. The van der Waals surface area contributed by atoms with Crippen LogP contribution in [0.3, 0.4) is 0 Å². The first-order chi connectivity index (χ1) is 8.70. The number of aliphatic hydroxyl groups is 1. The molecular formula is C14H15ClN2O. The van der Waals surface area contributed by atoms with E-state index in [2.05, 4.69) is 9.88 Å². The third-order valence-corrected chi connectivity index (χ3v) is 3.17. The number of nitrogens with zero attached hydrogens (tertiary/aromatic N) is 2. The van der Waals surface area contributed by atoms with Gasteiger partial charge in [0.1, 0.15) is 0 Å². The van der Waals surface area contributed by atoms with E-state index in [1.54, 1.807) is 12.4 Å². The second-order valence-electron chi connectivity index (χ2n) is 4.15. The fourth-order valence-electron chi connectivity index (χ4n) is 1.76. The van der Waals surface area contributed by atoms with Crippen LogP contribution in [0.4, 0.5) is 5.69 Å². The summed E-state index contributed by atoms with van der Waals surface area (Å²) in [6.07, 6.45) is 3.57. The highest BCUT2D eigenvalue weighted by atomic mass is 35.5. The first-order valence-corrected chi connectivity index (χ1v) is 6.08. The van der Waals surface area contributed by atoms with Crippen molar-refractivity contribution in [3.8, 4) is 0 Å². The van der Waals surface area contributed by atoms with Crippen molar-refractivity contribution in [2.45, 2.75) is 13.2 Å². The van der Waals surface area contributed by atoms with Gasteiger partial charge in [0.15, 0.2) is 0 Å². The molecule has 0 aliphatic rings. The van der Waals surface area contributed by atoms with Gasteiger partial charge in [-0.25, -0.2) is 0 Å². The SMILES string of the molecule is CN(Cc1ccncc1)c1ccc(CO)c(Cl)c1. The fraction of sp³-hybridized carbons (Fsp3) is 0.214. The van der Waals surface area contributed by atoms with Gasteiger partial charge in [-0.3, -0.25) is 4.98 Å². The van der Waals surface area contributed by atoms with Crippen LogP contribution in [0, 0.1) is 0 Å². The Morgan fingerprint density at radius 2 is 1.94 bits per heavy atom. The van der Waals surface area contributed by atoms with Crippen molar-refractivity contribution in [2.24, 2.45) is 0 Å². The van der Waals surface area contributed by atoms with Gasteiger partial charge in [-0.2, -0.15) is 0 Å². The van der Waals surface area contributed by atoms with Gasteiger partial charge in [-0.15, -0.1) is 0 Å². The molecule has 0 atom stereocenters. The third kappa shape index (κ3) is 3.00. The first kappa shape index (κ1) is 12.9. The van der Waals surface area contributed by atoms with Crippen LogP contribution in [0.25, 0.3) is 0 Å². The molecule has 0 amide bonds. The second kappa shape index (κ2) is 5.85. The van der Waals surface area contributed by atoms with Gasteiger partial charge in [-0.05, 0) is 35.4 Å². The summed E-state index contributed by atoms with van der Waals surface area (Å²) in [5, 5.41) is 9.67. The van der Waals surface area contributed by atoms with E-state index in [-0.39, 0.29) is 6.61 Å². The number of hydrogen-bond acceptors (Lipinski definition) is 3.